The van der Waals surface area contributed by atoms with Gasteiger partial charge in [-0.05, 0) is 54.2 Å². The van der Waals surface area contributed by atoms with Crippen LogP contribution in [0.15, 0.2) is 50.3 Å². The summed E-state index contributed by atoms with van der Waals surface area (Å²) in [5.41, 5.74) is 0.655. The van der Waals surface area contributed by atoms with E-state index < -0.39 is 32.0 Å². The number of sulfonamides is 1. The van der Waals surface area contributed by atoms with Gasteiger partial charge in [0.2, 0.25) is 0 Å². The maximum Gasteiger partial charge on any atom is 0.287 e. The van der Waals surface area contributed by atoms with Gasteiger partial charge >= 0.3 is 0 Å². The Hall–Kier alpha value is -2.85. The van der Waals surface area contributed by atoms with E-state index in [2.05, 4.69) is 14.4 Å². The first-order valence-corrected chi connectivity index (χ1v) is 15.8. The molecule has 2 aromatic rings. The fourth-order valence-corrected chi connectivity index (χ4v) is 9.26. The van der Waals surface area contributed by atoms with Crippen molar-refractivity contribution in [3.8, 4) is 0 Å². The topological polar surface area (TPSA) is 171 Å². The highest BCUT2D eigenvalue weighted by Gasteiger charge is 2.57. The van der Waals surface area contributed by atoms with Crippen molar-refractivity contribution in [1.29, 1.82) is 0 Å². The Bertz CT molecular complexity index is 1620. The number of hydrogen-bond acceptors (Lipinski definition) is 8. The van der Waals surface area contributed by atoms with E-state index in [1.165, 1.54) is 17.5 Å². The van der Waals surface area contributed by atoms with Gasteiger partial charge < -0.3 is 15.3 Å². The molecule has 0 saturated heterocycles. The number of anilines is 1. The number of hydrogen-bond donors (Lipinski definition) is 4. The molecule has 2 saturated carbocycles. The summed E-state index contributed by atoms with van der Waals surface area (Å²) in [6.45, 7) is -0.185. The number of rotatable bonds is 6. The molecule has 2 aliphatic heterocycles. The molecule has 5 N–H and O–H groups in total. The minimum Gasteiger partial charge on any atom is -0.511 e. The summed E-state index contributed by atoms with van der Waals surface area (Å²) in [6.07, 6.45) is 2.69. The summed E-state index contributed by atoms with van der Waals surface area (Å²) in [4.78, 5) is 15.3. The highest BCUT2D eigenvalue weighted by atomic mass is 32.2. The van der Waals surface area contributed by atoms with E-state index in [4.69, 9.17) is 5.14 Å². The molecule has 1 aromatic heterocycles. The second-order valence-electron chi connectivity index (χ2n) is 9.99. The van der Waals surface area contributed by atoms with E-state index in [9.17, 15) is 31.1 Å². The Balaban J connectivity index is 1.39. The summed E-state index contributed by atoms with van der Waals surface area (Å²) >= 11 is 1.000. The van der Waals surface area contributed by atoms with Crippen molar-refractivity contribution >= 4 is 48.3 Å². The largest absolute Gasteiger partial charge is 0.511 e. The molecular weight excluding hydrogens is 557 g/mol. The highest BCUT2D eigenvalue weighted by molar-refractivity contribution is 7.91. The van der Waals surface area contributed by atoms with Gasteiger partial charge in [0.05, 0.1) is 0 Å². The molecule has 202 valence electrons. The molecule has 4 aliphatic rings. The van der Waals surface area contributed by atoms with Crippen LogP contribution in [0, 0.1) is 23.6 Å². The molecule has 11 nitrogen and oxygen atoms in total. The zero-order valence-corrected chi connectivity index (χ0v) is 22.2. The molecule has 2 aliphatic carbocycles. The van der Waals surface area contributed by atoms with Crippen LogP contribution < -0.4 is 15.2 Å². The fourth-order valence-electron chi connectivity index (χ4n) is 6.29. The number of nitrogens with one attached hydrogen (secondary N) is 2. The molecule has 38 heavy (non-hydrogen) atoms. The number of nitrogens with two attached hydrogens (primary N) is 1. The van der Waals surface area contributed by atoms with Crippen LogP contribution in [0.1, 0.15) is 30.4 Å². The summed E-state index contributed by atoms with van der Waals surface area (Å²) in [6, 6.07) is 5.58. The Labute approximate surface area is 222 Å². The first-order valence-electron chi connectivity index (χ1n) is 11.9. The van der Waals surface area contributed by atoms with Crippen LogP contribution >= 0.6 is 11.3 Å². The molecule has 4 atom stereocenters. The molecule has 0 radical (unpaired) electrons. The van der Waals surface area contributed by atoms with Crippen LogP contribution in [0.5, 0.6) is 0 Å². The van der Waals surface area contributed by atoms with Crippen LogP contribution in [0.2, 0.25) is 0 Å². The summed E-state index contributed by atoms with van der Waals surface area (Å²) in [7, 11) is -8.41. The Kier molecular flexibility index (Phi) is 5.92. The van der Waals surface area contributed by atoms with Crippen molar-refractivity contribution in [2.24, 2.45) is 27.3 Å². The van der Waals surface area contributed by atoms with Gasteiger partial charge in [-0.15, -0.1) is 15.7 Å². The van der Waals surface area contributed by atoms with Crippen LogP contribution in [-0.4, -0.2) is 44.6 Å². The van der Waals surface area contributed by atoms with Crippen molar-refractivity contribution < 1.29 is 31.1 Å². The number of aliphatic hydroxyl groups excluding tert-OH is 1. The first-order chi connectivity index (χ1) is 17.9. The lowest BCUT2D eigenvalue weighted by atomic mass is 9.77. The minimum absolute atomic E-state index is 0.147. The average molecular weight is 582 g/mol. The molecule has 1 aromatic carbocycles. The van der Waals surface area contributed by atoms with Gasteiger partial charge in [0, 0.05) is 30.6 Å². The molecule has 0 spiro atoms. The standard InChI is InChI=1S/C23H24FN5O6S3/c24-15-5-1-11(2-6-15)9-29-18-13-4-3-12(7-13)16(18)19(30)17(23(29)31)21-27-22-20(37(32,33)28-21)14(10-36-22)8-26-38(25,34)35/h1-2,5-6,10,12-13,16,18,26,30H,3-4,7-9H2,(H,27,28)(H2,25,34,35)/t12-,13+,16?,18?/m1/s1. The number of thiophene rings is 1. The predicted octanol–water partition coefficient (Wildman–Crippen LogP) is 1.96. The van der Waals surface area contributed by atoms with Crippen molar-refractivity contribution in [1.82, 2.24) is 9.62 Å². The zero-order valence-electron chi connectivity index (χ0n) is 19.8. The van der Waals surface area contributed by atoms with Gasteiger partial charge in [0.15, 0.2) is 5.84 Å². The SMILES string of the molecule is NS(=O)(=O)NCc1csc2c1S(=O)(=O)N=C(C1=C(O)C3C([C@H]4CC[C@@H]3C4)N(Cc3ccc(F)cc3)C1=O)N2. The number of carbonyl (C=O) groups is 1. The van der Waals surface area contributed by atoms with E-state index in [0.717, 1.165) is 30.6 Å². The summed E-state index contributed by atoms with van der Waals surface area (Å²) in [5, 5.41) is 20.8. The molecular formula is C23H24FN5O6S3. The molecule has 2 unspecified atom stereocenters. The number of benzene rings is 1. The van der Waals surface area contributed by atoms with Crippen molar-refractivity contribution in [2.45, 2.75) is 43.3 Å². The number of halogens is 1. The lowest BCUT2D eigenvalue weighted by Gasteiger charge is -2.44. The number of aliphatic hydroxyl groups is 1. The van der Waals surface area contributed by atoms with E-state index in [0.29, 0.717) is 5.56 Å². The van der Waals surface area contributed by atoms with Gasteiger partial charge in [0.25, 0.3) is 26.1 Å². The summed E-state index contributed by atoms with van der Waals surface area (Å²) < 4.78 is 68.4. The Morgan fingerprint density at radius 2 is 1.95 bits per heavy atom. The number of nitrogens with zero attached hydrogens (tertiary/aromatic N) is 2. The lowest BCUT2D eigenvalue weighted by Crippen LogP contribution is -2.53. The van der Waals surface area contributed by atoms with E-state index >= 15 is 0 Å². The van der Waals surface area contributed by atoms with E-state index in [-0.39, 0.29) is 69.5 Å². The smallest absolute Gasteiger partial charge is 0.287 e. The average Bonchev–Trinajstić information content (AvgIpc) is 3.56. The molecule has 3 heterocycles. The van der Waals surface area contributed by atoms with Crippen LogP contribution in [-0.2, 0) is 38.1 Å². The second kappa shape index (κ2) is 8.84. The molecule has 2 bridgehead atoms. The predicted molar refractivity (Wildman–Crippen MR) is 137 cm³/mol. The van der Waals surface area contributed by atoms with E-state index in [1.807, 2.05) is 0 Å². The number of fused-ring (bicyclic) bond motifs is 6. The maximum atomic E-state index is 13.9. The van der Waals surface area contributed by atoms with Gasteiger partial charge in [0.1, 0.15) is 27.0 Å². The molecule has 2 fully saturated rings. The van der Waals surface area contributed by atoms with E-state index in [1.54, 1.807) is 17.0 Å². The minimum atomic E-state index is -4.35. The Morgan fingerprint density at radius 3 is 2.66 bits per heavy atom. The zero-order chi connectivity index (χ0) is 27.0. The van der Waals surface area contributed by atoms with Gasteiger partial charge in [-0.1, -0.05) is 12.1 Å². The highest BCUT2D eigenvalue weighted by Crippen LogP contribution is 2.55. The van der Waals surface area contributed by atoms with Crippen molar-refractivity contribution in [2.75, 3.05) is 5.32 Å². The quantitative estimate of drug-likeness (QED) is 0.404. The number of carbonyl (C=O) groups excluding carboxylic acids is 1. The third-order valence-corrected chi connectivity index (χ3v) is 10.8. The van der Waals surface area contributed by atoms with Crippen LogP contribution in [0.25, 0.3) is 0 Å². The van der Waals surface area contributed by atoms with Crippen LogP contribution in [0.3, 0.4) is 0 Å². The Morgan fingerprint density at radius 1 is 1.24 bits per heavy atom. The van der Waals surface area contributed by atoms with Gasteiger partial charge in [-0.25, -0.2) is 9.53 Å². The normalized spacial score (nSPS) is 27.7. The van der Waals surface area contributed by atoms with Crippen molar-refractivity contribution in [3.63, 3.8) is 0 Å². The molecule has 6 rings (SSSR count). The molecule has 1 amide bonds. The lowest BCUT2D eigenvalue weighted by molar-refractivity contribution is -0.134. The maximum absolute atomic E-state index is 13.9. The monoisotopic (exact) mass is 581 g/mol. The van der Waals surface area contributed by atoms with Crippen molar-refractivity contribution in [3.05, 3.63) is 57.9 Å². The number of amides is 1. The number of amidine groups is 1. The first kappa shape index (κ1) is 25.4. The van der Waals surface area contributed by atoms with Gasteiger partial charge in [-0.3, -0.25) is 4.79 Å². The fraction of sp³-hybridized carbons (Fsp3) is 0.391. The summed E-state index contributed by atoms with van der Waals surface area (Å²) in [5.74, 6) is -1.39. The van der Waals surface area contributed by atoms with Crippen LogP contribution in [0.4, 0.5) is 9.39 Å². The van der Waals surface area contributed by atoms with Gasteiger partial charge in [-0.2, -0.15) is 21.6 Å². The second-order valence-corrected chi connectivity index (χ2v) is 13.8. The third kappa shape index (κ3) is 4.22. The molecule has 15 heteroatoms. The third-order valence-electron chi connectivity index (χ3n) is 7.76.